The van der Waals surface area contributed by atoms with Crippen molar-refractivity contribution in [1.29, 1.82) is 0 Å². The number of carbonyl (C=O) groups excluding carboxylic acids is 2. The summed E-state index contributed by atoms with van der Waals surface area (Å²) < 4.78 is 0. The highest BCUT2D eigenvalue weighted by Crippen LogP contribution is 2.35. The molecule has 0 radical (unpaired) electrons. The fourth-order valence-electron chi connectivity index (χ4n) is 4.08. The molecule has 2 aliphatic rings. The molecule has 2 aromatic carbocycles. The number of carbonyl (C=O) groups is 2. The van der Waals surface area contributed by atoms with Crippen LogP contribution in [0.25, 0.3) is 10.8 Å². The molecule has 1 saturated heterocycles. The van der Waals surface area contributed by atoms with E-state index in [9.17, 15) is 19.7 Å². The number of nitrogen functional groups attached to an aromatic ring is 1. The van der Waals surface area contributed by atoms with E-state index in [1.807, 2.05) is 6.92 Å². The van der Waals surface area contributed by atoms with E-state index in [2.05, 4.69) is 4.90 Å². The van der Waals surface area contributed by atoms with Crippen LogP contribution in [0.1, 0.15) is 40.5 Å². The number of nitro benzene ring substituents is 1. The van der Waals surface area contributed by atoms with Crippen molar-refractivity contribution in [2.45, 2.75) is 25.8 Å². The molecule has 0 saturated carbocycles. The Hall–Kier alpha value is -3.00. The molecule has 27 heavy (non-hydrogen) atoms. The van der Waals surface area contributed by atoms with Gasteiger partial charge in [0, 0.05) is 35.8 Å². The van der Waals surface area contributed by atoms with E-state index < -0.39 is 16.7 Å². The quantitative estimate of drug-likeness (QED) is 0.384. The van der Waals surface area contributed by atoms with Crippen LogP contribution in [0.3, 0.4) is 0 Å². The summed E-state index contributed by atoms with van der Waals surface area (Å²) in [5, 5.41) is 12.2. The number of benzene rings is 2. The zero-order valence-electron chi connectivity index (χ0n) is 15.0. The lowest BCUT2D eigenvalue weighted by Crippen LogP contribution is -2.48. The van der Waals surface area contributed by atoms with Crippen LogP contribution in [0.4, 0.5) is 11.4 Å². The van der Waals surface area contributed by atoms with Gasteiger partial charge in [0.15, 0.2) is 0 Å². The first-order valence-electron chi connectivity index (χ1n) is 8.98. The summed E-state index contributed by atoms with van der Waals surface area (Å²) in [4.78, 5) is 40.3. The SMILES string of the molecule is CC(CN1C(=O)c2cc(N)cc3cc([N+](=O)[O-])cc(c23)C1=O)N1CCCC1. The third-order valence-corrected chi connectivity index (χ3v) is 5.43. The predicted molar refractivity (Wildman–Crippen MR) is 101 cm³/mol. The average Bonchev–Trinajstić information content (AvgIpc) is 3.16. The van der Waals surface area contributed by atoms with Gasteiger partial charge in [-0.25, -0.2) is 0 Å². The van der Waals surface area contributed by atoms with E-state index in [0.717, 1.165) is 25.9 Å². The Labute approximate surface area is 155 Å². The molecule has 140 valence electrons. The smallest absolute Gasteiger partial charge is 0.270 e. The zero-order valence-corrected chi connectivity index (χ0v) is 15.0. The molecule has 8 nitrogen and oxygen atoms in total. The molecule has 4 rings (SSSR count). The first-order valence-corrected chi connectivity index (χ1v) is 8.98. The lowest BCUT2D eigenvalue weighted by Gasteiger charge is -2.32. The summed E-state index contributed by atoms with van der Waals surface area (Å²) in [6.45, 7) is 4.13. The normalized spacial score (nSPS) is 18.3. The first kappa shape index (κ1) is 17.4. The molecule has 0 aliphatic carbocycles. The van der Waals surface area contributed by atoms with Gasteiger partial charge in [-0.3, -0.25) is 29.5 Å². The van der Waals surface area contributed by atoms with Crippen molar-refractivity contribution in [2.24, 2.45) is 0 Å². The second kappa shape index (κ2) is 6.31. The van der Waals surface area contributed by atoms with E-state index in [-0.39, 0.29) is 23.8 Å². The van der Waals surface area contributed by atoms with Crippen molar-refractivity contribution >= 4 is 34.0 Å². The standard InChI is InChI=1S/C19H20N4O4/c1-11(21-4-2-3-5-21)10-22-18(24)15-8-13(20)6-12-7-14(23(26)27)9-16(17(12)15)19(22)25/h6-9,11H,2-5,10,20H2,1H3. The molecule has 2 amide bonds. The van der Waals surface area contributed by atoms with Gasteiger partial charge in [0.1, 0.15) is 0 Å². The molecule has 1 unspecified atom stereocenters. The molecule has 1 fully saturated rings. The van der Waals surface area contributed by atoms with Crippen LogP contribution in [-0.2, 0) is 0 Å². The highest BCUT2D eigenvalue weighted by molar-refractivity contribution is 6.26. The number of nitro groups is 1. The highest BCUT2D eigenvalue weighted by atomic mass is 16.6. The summed E-state index contributed by atoms with van der Waals surface area (Å²) >= 11 is 0. The molecule has 2 aliphatic heterocycles. The van der Waals surface area contributed by atoms with Gasteiger partial charge in [0.25, 0.3) is 17.5 Å². The van der Waals surface area contributed by atoms with Crippen molar-refractivity contribution < 1.29 is 14.5 Å². The fraction of sp³-hybridized carbons (Fsp3) is 0.368. The number of hydrogen-bond donors (Lipinski definition) is 1. The van der Waals surface area contributed by atoms with E-state index in [0.29, 0.717) is 22.0 Å². The van der Waals surface area contributed by atoms with Gasteiger partial charge in [0.2, 0.25) is 0 Å². The molecule has 2 N–H and O–H groups in total. The van der Waals surface area contributed by atoms with E-state index in [4.69, 9.17) is 5.73 Å². The fourth-order valence-corrected chi connectivity index (χ4v) is 4.08. The summed E-state index contributed by atoms with van der Waals surface area (Å²) in [5.41, 5.74) is 6.56. The van der Waals surface area contributed by atoms with Crippen molar-refractivity contribution in [2.75, 3.05) is 25.4 Å². The lowest BCUT2D eigenvalue weighted by molar-refractivity contribution is -0.384. The van der Waals surface area contributed by atoms with Gasteiger partial charge < -0.3 is 5.73 Å². The summed E-state index contributed by atoms with van der Waals surface area (Å²) in [6.07, 6.45) is 2.22. The highest BCUT2D eigenvalue weighted by Gasteiger charge is 2.36. The molecule has 0 bridgehead atoms. The van der Waals surface area contributed by atoms with Gasteiger partial charge in [-0.2, -0.15) is 0 Å². The van der Waals surface area contributed by atoms with Crippen molar-refractivity contribution in [3.05, 3.63) is 45.5 Å². The average molecular weight is 368 g/mol. The molecule has 0 spiro atoms. The Kier molecular flexibility index (Phi) is 4.07. The summed E-state index contributed by atoms with van der Waals surface area (Å²) in [6, 6.07) is 5.72. The van der Waals surface area contributed by atoms with Crippen molar-refractivity contribution in [1.82, 2.24) is 9.80 Å². The summed E-state index contributed by atoms with van der Waals surface area (Å²) in [5.74, 6) is -0.887. The third-order valence-electron chi connectivity index (χ3n) is 5.43. The van der Waals surface area contributed by atoms with Crippen LogP contribution in [0.15, 0.2) is 24.3 Å². The van der Waals surface area contributed by atoms with Gasteiger partial charge in [-0.05, 0) is 50.4 Å². The van der Waals surface area contributed by atoms with Crippen molar-refractivity contribution in [3.63, 3.8) is 0 Å². The maximum Gasteiger partial charge on any atom is 0.270 e. The maximum absolute atomic E-state index is 13.1. The van der Waals surface area contributed by atoms with E-state index in [1.54, 1.807) is 12.1 Å². The minimum atomic E-state index is -0.542. The molecule has 2 heterocycles. The van der Waals surface area contributed by atoms with Crippen LogP contribution in [0.5, 0.6) is 0 Å². The summed E-state index contributed by atoms with van der Waals surface area (Å²) in [7, 11) is 0. The number of nitrogens with two attached hydrogens (primary N) is 1. The van der Waals surface area contributed by atoms with Crippen molar-refractivity contribution in [3.8, 4) is 0 Å². The zero-order chi connectivity index (χ0) is 19.3. The van der Waals surface area contributed by atoms with Gasteiger partial charge in [0.05, 0.1) is 16.1 Å². The van der Waals surface area contributed by atoms with Gasteiger partial charge in [-0.1, -0.05) is 0 Å². The van der Waals surface area contributed by atoms with Gasteiger partial charge in [-0.15, -0.1) is 0 Å². The lowest BCUT2D eigenvalue weighted by atomic mass is 9.92. The molecule has 2 aromatic rings. The number of rotatable bonds is 4. The number of non-ortho nitro benzene ring substituents is 1. The molecule has 0 aromatic heterocycles. The van der Waals surface area contributed by atoms with E-state index in [1.165, 1.54) is 17.0 Å². The van der Waals surface area contributed by atoms with Crippen LogP contribution in [0.2, 0.25) is 0 Å². The number of amides is 2. The van der Waals surface area contributed by atoms with Crippen LogP contribution < -0.4 is 5.73 Å². The Morgan fingerprint density at radius 1 is 1.11 bits per heavy atom. The molecular formula is C19H20N4O4. The van der Waals surface area contributed by atoms with E-state index >= 15 is 0 Å². The predicted octanol–water partition coefficient (Wildman–Crippen LogP) is 2.41. The van der Waals surface area contributed by atoms with Crippen LogP contribution in [0, 0.1) is 10.1 Å². The monoisotopic (exact) mass is 368 g/mol. The van der Waals surface area contributed by atoms with Crippen LogP contribution in [-0.4, -0.2) is 52.2 Å². The maximum atomic E-state index is 13.1. The third kappa shape index (κ3) is 2.82. The number of imide groups is 1. The van der Waals surface area contributed by atoms with Gasteiger partial charge >= 0.3 is 0 Å². The largest absolute Gasteiger partial charge is 0.399 e. The number of nitrogens with zero attached hydrogens (tertiary/aromatic N) is 3. The topological polar surface area (TPSA) is 110 Å². The number of hydrogen-bond acceptors (Lipinski definition) is 6. The Morgan fingerprint density at radius 2 is 1.74 bits per heavy atom. The Bertz CT molecular complexity index is 981. The van der Waals surface area contributed by atoms with Crippen LogP contribution >= 0.6 is 0 Å². The minimum Gasteiger partial charge on any atom is -0.399 e. The molecule has 1 atom stereocenters. The minimum absolute atomic E-state index is 0.0252. The number of anilines is 1. The second-order valence-electron chi connectivity index (χ2n) is 7.23. The Balaban J connectivity index is 1.81. The molecular weight excluding hydrogens is 348 g/mol. The molecule has 8 heteroatoms. The number of likely N-dealkylation sites (tertiary alicyclic amines) is 1. The Morgan fingerprint density at radius 3 is 2.37 bits per heavy atom. The second-order valence-corrected chi connectivity index (χ2v) is 7.23. The first-order chi connectivity index (χ1) is 12.9.